The number of ether oxygens (including phenoxy) is 1. The van der Waals surface area contributed by atoms with Crippen molar-refractivity contribution in [3.63, 3.8) is 0 Å². The quantitative estimate of drug-likeness (QED) is 0.761. The Morgan fingerprint density at radius 3 is 2.77 bits per heavy atom. The fourth-order valence-electron chi connectivity index (χ4n) is 3.58. The standard InChI is InChI=1S/C21H23N3O4S2/c1-14-5-3-7-16(9-14)24(21-23-18-12-30(26,27)13-19(18)29-21)11-20(25)22-15-6-4-8-17(10-15)28-2/h3-10,18-19H,11-13H2,1-2H3,(H,22,25)/t18-,19+/m0/s1. The van der Waals surface area contributed by atoms with Crippen LogP contribution in [-0.4, -0.2) is 55.9 Å². The Labute approximate surface area is 180 Å². The van der Waals surface area contributed by atoms with Gasteiger partial charge in [0.1, 0.15) is 12.3 Å². The van der Waals surface area contributed by atoms with Crippen LogP contribution in [-0.2, 0) is 14.6 Å². The Morgan fingerprint density at radius 2 is 2.03 bits per heavy atom. The number of hydrogen-bond donors (Lipinski definition) is 1. The Bertz CT molecular complexity index is 1100. The Balaban J connectivity index is 1.56. The van der Waals surface area contributed by atoms with Crippen molar-refractivity contribution in [2.24, 2.45) is 4.99 Å². The van der Waals surface area contributed by atoms with E-state index in [0.29, 0.717) is 16.6 Å². The van der Waals surface area contributed by atoms with Crippen molar-refractivity contribution in [3.05, 3.63) is 54.1 Å². The number of anilines is 2. The zero-order chi connectivity index (χ0) is 21.3. The zero-order valence-electron chi connectivity index (χ0n) is 16.7. The minimum absolute atomic E-state index is 0.0681. The molecule has 2 aromatic carbocycles. The van der Waals surface area contributed by atoms with E-state index in [4.69, 9.17) is 4.74 Å². The fraction of sp³-hybridized carbons (Fsp3) is 0.333. The lowest BCUT2D eigenvalue weighted by Crippen LogP contribution is -2.36. The van der Waals surface area contributed by atoms with Crippen molar-refractivity contribution in [1.82, 2.24) is 0 Å². The summed E-state index contributed by atoms with van der Waals surface area (Å²) in [5, 5.41) is 3.50. The minimum Gasteiger partial charge on any atom is -0.497 e. The number of methoxy groups -OCH3 is 1. The lowest BCUT2D eigenvalue weighted by molar-refractivity contribution is -0.114. The molecular formula is C21H23N3O4S2. The van der Waals surface area contributed by atoms with Crippen molar-refractivity contribution in [2.75, 3.05) is 35.4 Å². The van der Waals surface area contributed by atoms with Crippen molar-refractivity contribution in [3.8, 4) is 5.75 Å². The molecule has 2 atom stereocenters. The molecule has 0 aliphatic carbocycles. The lowest BCUT2D eigenvalue weighted by Gasteiger charge is -2.24. The number of aryl methyl sites for hydroxylation is 1. The van der Waals surface area contributed by atoms with Crippen LogP contribution in [0.15, 0.2) is 53.5 Å². The summed E-state index contributed by atoms with van der Waals surface area (Å²) in [6.07, 6.45) is 0. The van der Waals surface area contributed by atoms with Gasteiger partial charge in [0.2, 0.25) is 5.91 Å². The predicted octanol–water partition coefficient (Wildman–Crippen LogP) is 2.72. The summed E-state index contributed by atoms with van der Waals surface area (Å²) in [4.78, 5) is 19.4. The number of carbonyl (C=O) groups excluding carboxylic acids is 1. The molecule has 0 radical (unpaired) electrons. The number of nitrogens with one attached hydrogen (secondary N) is 1. The number of amidine groups is 1. The van der Waals surface area contributed by atoms with Gasteiger partial charge in [0.25, 0.3) is 0 Å². The van der Waals surface area contributed by atoms with Gasteiger partial charge in [-0.2, -0.15) is 0 Å². The number of hydrogen-bond acceptors (Lipinski definition) is 7. The van der Waals surface area contributed by atoms with E-state index >= 15 is 0 Å². The molecule has 0 unspecified atom stereocenters. The molecule has 0 bridgehead atoms. The molecule has 0 saturated carbocycles. The average Bonchev–Trinajstić information content (AvgIpc) is 3.19. The number of carbonyl (C=O) groups is 1. The van der Waals surface area contributed by atoms with Gasteiger partial charge in [-0.3, -0.25) is 9.79 Å². The van der Waals surface area contributed by atoms with Crippen LogP contribution < -0.4 is 15.0 Å². The first-order chi connectivity index (χ1) is 14.3. The molecule has 158 valence electrons. The Hall–Kier alpha value is -2.52. The van der Waals surface area contributed by atoms with Gasteiger partial charge in [-0.25, -0.2) is 8.42 Å². The molecule has 30 heavy (non-hydrogen) atoms. The van der Waals surface area contributed by atoms with Crippen LogP contribution in [0.4, 0.5) is 11.4 Å². The second-order valence-electron chi connectivity index (χ2n) is 7.42. The van der Waals surface area contributed by atoms with E-state index in [2.05, 4.69) is 10.3 Å². The van der Waals surface area contributed by atoms with Gasteiger partial charge < -0.3 is 15.0 Å². The highest BCUT2D eigenvalue weighted by Gasteiger charge is 2.44. The van der Waals surface area contributed by atoms with Crippen LogP contribution in [0.1, 0.15) is 5.56 Å². The van der Waals surface area contributed by atoms with Crippen LogP contribution in [0.5, 0.6) is 5.75 Å². The average molecular weight is 446 g/mol. The lowest BCUT2D eigenvalue weighted by atomic mass is 10.2. The molecule has 0 aromatic heterocycles. The number of aliphatic imine (C=N–C) groups is 1. The molecule has 0 spiro atoms. The van der Waals surface area contributed by atoms with E-state index < -0.39 is 9.84 Å². The van der Waals surface area contributed by atoms with E-state index in [9.17, 15) is 13.2 Å². The van der Waals surface area contributed by atoms with Crippen LogP contribution in [0.25, 0.3) is 0 Å². The van der Waals surface area contributed by atoms with E-state index in [1.54, 1.807) is 19.2 Å². The monoisotopic (exact) mass is 445 g/mol. The van der Waals surface area contributed by atoms with Gasteiger partial charge in [0.05, 0.1) is 24.7 Å². The van der Waals surface area contributed by atoms with E-state index in [1.807, 2.05) is 48.2 Å². The first-order valence-corrected chi connectivity index (χ1v) is 12.3. The number of sulfone groups is 1. The molecule has 1 saturated heterocycles. The maximum Gasteiger partial charge on any atom is 0.244 e. The number of fused-ring (bicyclic) bond motifs is 1. The first kappa shape index (κ1) is 20.7. The molecule has 2 aliphatic rings. The number of rotatable bonds is 5. The highest BCUT2D eigenvalue weighted by Crippen LogP contribution is 2.37. The maximum absolute atomic E-state index is 12.8. The third-order valence-electron chi connectivity index (χ3n) is 5.00. The Kier molecular flexibility index (Phi) is 5.75. The van der Waals surface area contributed by atoms with Crippen molar-refractivity contribution in [2.45, 2.75) is 18.2 Å². The van der Waals surface area contributed by atoms with Gasteiger partial charge in [-0.1, -0.05) is 30.0 Å². The third-order valence-corrected chi connectivity index (χ3v) is 8.25. The maximum atomic E-state index is 12.8. The van der Waals surface area contributed by atoms with Gasteiger partial charge in [-0.05, 0) is 36.8 Å². The molecule has 1 fully saturated rings. The number of nitrogens with zero attached hydrogens (tertiary/aromatic N) is 2. The summed E-state index contributed by atoms with van der Waals surface area (Å²) < 4.78 is 29.0. The molecule has 1 amide bonds. The van der Waals surface area contributed by atoms with Crippen LogP contribution >= 0.6 is 11.8 Å². The molecule has 1 N–H and O–H groups in total. The molecule has 2 aromatic rings. The SMILES string of the molecule is COc1cccc(NC(=O)CN(C2=N[C@H]3CS(=O)(=O)C[C@H]3S2)c2cccc(C)c2)c1. The molecular weight excluding hydrogens is 422 g/mol. The van der Waals surface area contributed by atoms with E-state index in [-0.39, 0.29) is 35.2 Å². The largest absolute Gasteiger partial charge is 0.497 e. The van der Waals surface area contributed by atoms with Crippen LogP contribution in [0, 0.1) is 6.92 Å². The molecule has 7 nitrogen and oxygen atoms in total. The van der Waals surface area contributed by atoms with Crippen molar-refractivity contribution >= 4 is 44.0 Å². The second-order valence-corrected chi connectivity index (χ2v) is 10.8. The van der Waals surface area contributed by atoms with Crippen molar-refractivity contribution in [1.29, 1.82) is 0 Å². The van der Waals surface area contributed by atoms with Gasteiger partial charge in [-0.15, -0.1) is 0 Å². The number of thioether (sulfide) groups is 1. The topological polar surface area (TPSA) is 88.1 Å². The van der Waals surface area contributed by atoms with E-state index in [1.165, 1.54) is 11.8 Å². The first-order valence-electron chi connectivity index (χ1n) is 9.56. The molecule has 9 heteroatoms. The zero-order valence-corrected chi connectivity index (χ0v) is 18.4. The summed E-state index contributed by atoms with van der Waals surface area (Å²) in [7, 11) is -1.46. The van der Waals surface area contributed by atoms with Crippen LogP contribution in [0.2, 0.25) is 0 Å². The summed E-state index contributed by atoms with van der Waals surface area (Å²) in [5.41, 5.74) is 2.56. The smallest absolute Gasteiger partial charge is 0.244 e. The Morgan fingerprint density at radius 1 is 1.23 bits per heavy atom. The summed E-state index contributed by atoms with van der Waals surface area (Å²) in [5.74, 6) is 0.671. The normalized spacial score (nSPS) is 21.6. The summed E-state index contributed by atoms with van der Waals surface area (Å²) in [6.45, 7) is 2.06. The second kappa shape index (κ2) is 8.31. The van der Waals surface area contributed by atoms with Gasteiger partial charge in [0.15, 0.2) is 15.0 Å². The molecule has 4 rings (SSSR count). The van der Waals surface area contributed by atoms with Crippen LogP contribution in [0.3, 0.4) is 0 Å². The number of amides is 1. The van der Waals surface area contributed by atoms with Gasteiger partial charge in [0, 0.05) is 22.7 Å². The highest BCUT2D eigenvalue weighted by atomic mass is 32.2. The highest BCUT2D eigenvalue weighted by molar-refractivity contribution is 8.15. The van der Waals surface area contributed by atoms with E-state index in [0.717, 1.165) is 11.3 Å². The minimum atomic E-state index is -3.03. The fourth-order valence-corrected chi connectivity index (χ4v) is 7.36. The molecule has 2 aliphatic heterocycles. The molecule has 2 heterocycles. The summed E-state index contributed by atoms with van der Waals surface area (Å²) >= 11 is 1.44. The number of benzene rings is 2. The van der Waals surface area contributed by atoms with Gasteiger partial charge >= 0.3 is 0 Å². The summed E-state index contributed by atoms with van der Waals surface area (Å²) in [6, 6.07) is 14.8. The third kappa shape index (κ3) is 4.62. The van der Waals surface area contributed by atoms with Crippen molar-refractivity contribution < 1.29 is 17.9 Å². The predicted molar refractivity (Wildman–Crippen MR) is 121 cm³/mol.